The Hall–Kier alpha value is -1.29. The van der Waals surface area contributed by atoms with Crippen LogP contribution in [-0.4, -0.2) is 50.4 Å². The maximum absolute atomic E-state index is 11.8. The molecule has 0 saturated carbocycles. The van der Waals surface area contributed by atoms with E-state index in [1.165, 1.54) is 4.68 Å². The Labute approximate surface area is 125 Å². The average molecular weight is 338 g/mol. The van der Waals surface area contributed by atoms with Gasteiger partial charge < -0.3 is 11.1 Å². The van der Waals surface area contributed by atoms with Crippen molar-refractivity contribution in [3.05, 3.63) is 0 Å². The summed E-state index contributed by atoms with van der Waals surface area (Å²) >= 11 is 0. The molecular weight excluding hydrogens is 316 g/mol. The lowest BCUT2D eigenvalue weighted by Gasteiger charge is -2.07. The molecule has 0 saturated heterocycles. The molecule has 1 rings (SSSR count). The van der Waals surface area contributed by atoms with Gasteiger partial charge in [0.15, 0.2) is 30.4 Å². The van der Waals surface area contributed by atoms with E-state index in [-0.39, 0.29) is 40.6 Å². The fraction of sp³-hybridized carbons (Fsp3) is 0.727. The highest BCUT2D eigenvalue weighted by Gasteiger charge is 2.25. The number of nitrogens with one attached hydrogen (secondary N) is 1. The molecule has 1 aromatic rings. The molecule has 0 fully saturated rings. The molecule has 122 valence electrons. The van der Waals surface area contributed by atoms with Crippen LogP contribution in [0.1, 0.15) is 20.8 Å². The minimum absolute atomic E-state index is 0.0181. The van der Waals surface area contributed by atoms with Crippen molar-refractivity contribution in [2.75, 3.05) is 28.8 Å². The van der Waals surface area contributed by atoms with E-state index in [1.54, 1.807) is 6.92 Å². The monoisotopic (exact) mass is 338 g/mol. The van der Waals surface area contributed by atoms with E-state index >= 15 is 0 Å². The van der Waals surface area contributed by atoms with Crippen LogP contribution in [-0.2, 0) is 26.2 Å². The fourth-order valence-electron chi connectivity index (χ4n) is 1.73. The van der Waals surface area contributed by atoms with Gasteiger partial charge >= 0.3 is 0 Å². The summed E-state index contributed by atoms with van der Waals surface area (Å²) < 4.78 is 48.0. The summed E-state index contributed by atoms with van der Waals surface area (Å²) in [4.78, 5) is -0.0925. The van der Waals surface area contributed by atoms with Crippen LogP contribution in [0.5, 0.6) is 0 Å². The van der Waals surface area contributed by atoms with Crippen LogP contribution in [0.25, 0.3) is 0 Å². The van der Waals surface area contributed by atoms with Crippen molar-refractivity contribution in [1.29, 1.82) is 0 Å². The molecule has 0 unspecified atom stereocenters. The van der Waals surface area contributed by atoms with E-state index in [1.807, 2.05) is 13.8 Å². The van der Waals surface area contributed by atoms with Crippen molar-refractivity contribution in [2.24, 2.45) is 0 Å². The lowest BCUT2D eigenvalue weighted by molar-refractivity contribution is 0.583. The molecule has 0 amide bonds. The molecule has 1 heterocycles. The average Bonchev–Trinajstić information content (AvgIpc) is 2.62. The second kappa shape index (κ2) is 6.22. The lowest BCUT2D eigenvalue weighted by Crippen LogP contribution is -2.17. The topological polar surface area (TPSA) is 124 Å². The molecule has 0 aromatic carbocycles. The predicted molar refractivity (Wildman–Crippen MR) is 82.8 cm³/mol. The largest absolute Gasteiger partial charge is 0.383 e. The minimum Gasteiger partial charge on any atom is -0.383 e. The van der Waals surface area contributed by atoms with E-state index in [0.29, 0.717) is 0 Å². The lowest BCUT2D eigenvalue weighted by atomic mass is 10.4. The van der Waals surface area contributed by atoms with Gasteiger partial charge in [0.05, 0.1) is 12.3 Å². The number of hydrogen-bond donors (Lipinski definition) is 2. The van der Waals surface area contributed by atoms with Gasteiger partial charge in [0.2, 0.25) is 0 Å². The summed E-state index contributed by atoms with van der Waals surface area (Å²) in [6.45, 7) is 5.24. The molecule has 10 heteroatoms. The van der Waals surface area contributed by atoms with Gasteiger partial charge in [-0.25, -0.2) is 21.5 Å². The molecule has 0 aliphatic heterocycles. The Morgan fingerprint density at radius 3 is 2.29 bits per heavy atom. The van der Waals surface area contributed by atoms with Crippen LogP contribution < -0.4 is 11.1 Å². The summed E-state index contributed by atoms with van der Waals surface area (Å²) in [5.41, 5.74) is 5.82. The molecule has 0 spiro atoms. The van der Waals surface area contributed by atoms with Crippen LogP contribution >= 0.6 is 0 Å². The van der Waals surface area contributed by atoms with Gasteiger partial charge in [-0.05, 0) is 13.8 Å². The van der Waals surface area contributed by atoms with E-state index in [9.17, 15) is 16.8 Å². The SMILES string of the molecule is CCS(=O)(=O)CCn1nc(NC(C)C)c(S(C)(=O)=O)c1N. The second-order valence-corrected chi connectivity index (χ2v) is 9.52. The number of hydrogen-bond acceptors (Lipinski definition) is 7. The summed E-state index contributed by atoms with van der Waals surface area (Å²) in [6.07, 6.45) is 1.04. The Morgan fingerprint density at radius 2 is 1.86 bits per heavy atom. The zero-order valence-electron chi connectivity index (χ0n) is 12.6. The van der Waals surface area contributed by atoms with E-state index in [0.717, 1.165) is 6.26 Å². The molecule has 0 aliphatic rings. The van der Waals surface area contributed by atoms with Gasteiger partial charge in [-0.3, -0.25) is 0 Å². The Bertz CT molecular complexity index is 705. The van der Waals surface area contributed by atoms with Crippen LogP contribution in [0, 0.1) is 0 Å². The van der Waals surface area contributed by atoms with Gasteiger partial charge in [-0.1, -0.05) is 6.92 Å². The molecule has 0 bridgehead atoms. The highest BCUT2D eigenvalue weighted by molar-refractivity contribution is 7.91. The van der Waals surface area contributed by atoms with Gasteiger partial charge in [0, 0.05) is 18.1 Å². The van der Waals surface area contributed by atoms with Crippen molar-refractivity contribution < 1.29 is 16.8 Å². The normalized spacial score (nSPS) is 12.8. The second-order valence-electron chi connectivity index (χ2n) is 5.09. The molecule has 0 atom stereocenters. The third kappa shape index (κ3) is 4.60. The van der Waals surface area contributed by atoms with Crippen molar-refractivity contribution in [3.8, 4) is 0 Å². The quantitative estimate of drug-likeness (QED) is 0.723. The van der Waals surface area contributed by atoms with Crippen LogP contribution in [0.4, 0.5) is 11.6 Å². The fourth-order valence-corrected chi connectivity index (χ4v) is 3.41. The zero-order valence-corrected chi connectivity index (χ0v) is 14.3. The summed E-state index contributed by atoms with van der Waals surface area (Å²) in [5, 5.41) is 7.00. The molecule has 8 nitrogen and oxygen atoms in total. The highest BCUT2D eigenvalue weighted by atomic mass is 32.2. The number of nitrogens with zero attached hydrogens (tertiary/aromatic N) is 2. The summed E-state index contributed by atoms with van der Waals surface area (Å²) in [7, 11) is -6.75. The van der Waals surface area contributed by atoms with Gasteiger partial charge in [0.25, 0.3) is 0 Å². The number of sulfone groups is 2. The minimum atomic E-state index is -3.57. The van der Waals surface area contributed by atoms with E-state index in [2.05, 4.69) is 10.4 Å². The molecule has 21 heavy (non-hydrogen) atoms. The predicted octanol–water partition coefficient (Wildman–Crippen LogP) is 0.124. The van der Waals surface area contributed by atoms with Gasteiger partial charge in [-0.15, -0.1) is 0 Å². The van der Waals surface area contributed by atoms with Gasteiger partial charge in [0.1, 0.15) is 5.82 Å². The van der Waals surface area contributed by atoms with Crippen molar-refractivity contribution in [1.82, 2.24) is 9.78 Å². The van der Waals surface area contributed by atoms with Crippen molar-refractivity contribution in [2.45, 2.75) is 38.3 Å². The van der Waals surface area contributed by atoms with Gasteiger partial charge in [-0.2, -0.15) is 5.10 Å². The van der Waals surface area contributed by atoms with Crippen LogP contribution in [0.3, 0.4) is 0 Å². The first-order valence-corrected chi connectivity index (χ1v) is 10.2. The number of aromatic nitrogens is 2. The summed E-state index contributed by atoms with van der Waals surface area (Å²) in [5.74, 6) is -0.0185. The maximum atomic E-state index is 11.8. The smallest absolute Gasteiger partial charge is 0.182 e. The van der Waals surface area contributed by atoms with Crippen molar-refractivity contribution in [3.63, 3.8) is 0 Å². The molecule has 0 radical (unpaired) electrons. The van der Waals surface area contributed by atoms with Crippen molar-refractivity contribution >= 4 is 31.3 Å². The molecular formula is C11H22N4O4S2. The Kier molecular flexibility index (Phi) is 5.26. The number of rotatable bonds is 7. The number of anilines is 2. The maximum Gasteiger partial charge on any atom is 0.182 e. The standard InChI is InChI=1S/C11H22N4O4S2/c1-5-21(18,19)7-6-15-10(12)9(20(4,16)17)11(14-15)13-8(2)3/h8H,5-7,12H2,1-4H3,(H,13,14). The number of nitrogen functional groups attached to an aromatic ring is 1. The first kappa shape index (κ1) is 17.8. The number of nitrogens with two attached hydrogens (primary N) is 1. The molecule has 1 aromatic heterocycles. The summed E-state index contributed by atoms with van der Waals surface area (Å²) in [6, 6.07) is -0.0346. The third-order valence-corrected chi connectivity index (χ3v) is 5.62. The third-order valence-electron chi connectivity index (χ3n) is 2.80. The first-order chi connectivity index (χ1) is 9.48. The highest BCUT2D eigenvalue weighted by Crippen LogP contribution is 2.27. The van der Waals surface area contributed by atoms with Crippen LogP contribution in [0.15, 0.2) is 4.90 Å². The Balaban J connectivity index is 3.21. The number of aryl methyl sites for hydroxylation is 1. The zero-order chi connectivity index (χ0) is 16.4. The van der Waals surface area contributed by atoms with E-state index < -0.39 is 19.7 Å². The molecule has 3 N–H and O–H groups in total. The Morgan fingerprint density at radius 1 is 1.29 bits per heavy atom. The van der Waals surface area contributed by atoms with E-state index in [4.69, 9.17) is 5.73 Å². The van der Waals surface area contributed by atoms with Crippen LogP contribution in [0.2, 0.25) is 0 Å². The first-order valence-electron chi connectivity index (χ1n) is 6.51. The molecule has 0 aliphatic carbocycles.